The van der Waals surface area contributed by atoms with Crippen molar-refractivity contribution >= 4 is 15.9 Å². The largest absolute Gasteiger partial charge is 0.522 e. The Hall–Kier alpha value is 0.230. The molecule has 1 unspecified atom stereocenters. The lowest BCUT2D eigenvalue weighted by Crippen LogP contribution is -2.23. The Balaban J connectivity index is 3.68. The van der Waals surface area contributed by atoms with E-state index in [1.54, 1.807) is 6.92 Å². The van der Waals surface area contributed by atoms with Crippen LogP contribution in [-0.4, -0.2) is 17.8 Å². The monoisotopic (exact) mass is 234 g/mol. The van der Waals surface area contributed by atoms with Crippen LogP contribution in [-0.2, 0) is 4.74 Å². The fourth-order valence-electron chi connectivity index (χ4n) is 0.657. The second kappa shape index (κ2) is 4.98. The highest BCUT2D eigenvalue weighted by Crippen LogP contribution is 2.21. The molecule has 0 radical (unpaired) electrons. The molecule has 0 saturated heterocycles. The molecule has 0 spiro atoms. The summed E-state index contributed by atoms with van der Waals surface area (Å²) in [6.45, 7) is 1.67. The summed E-state index contributed by atoms with van der Waals surface area (Å²) >= 11 is 3.05. The second-order valence-electron chi connectivity index (χ2n) is 2.07. The van der Waals surface area contributed by atoms with E-state index in [1.165, 1.54) is 0 Å². The first-order chi connectivity index (χ1) is 4.99. The van der Waals surface area contributed by atoms with E-state index < -0.39 is 12.5 Å². The first-order valence-electron chi connectivity index (χ1n) is 3.30. The van der Waals surface area contributed by atoms with Gasteiger partial charge in [0.2, 0.25) is 0 Å². The molecule has 1 nitrogen and oxygen atoms in total. The van der Waals surface area contributed by atoms with E-state index >= 15 is 0 Å². The molecular formula is C6H10BrF3O. The Bertz CT molecular complexity index is 104. The molecule has 0 bridgehead atoms. The highest BCUT2D eigenvalue weighted by molar-refractivity contribution is 9.09. The maximum Gasteiger partial charge on any atom is 0.522 e. The molecule has 5 heteroatoms. The number of rotatable bonds is 4. The van der Waals surface area contributed by atoms with E-state index in [1.807, 2.05) is 0 Å². The summed E-state index contributed by atoms with van der Waals surface area (Å²) in [4.78, 5) is 0. The molecule has 0 N–H and O–H groups in total. The van der Waals surface area contributed by atoms with Crippen LogP contribution in [0.25, 0.3) is 0 Å². The van der Waals surface area contributed by atoms with Crippen molar-refractivity contribution in [3.8, 4) is 0 Å². The van der Waals surface area contributed by atoms with Gasteiger partial charge in [0.25, 0.3) is 0 Å². The van der Waals surface area contributed by atoms with Gasteiger partial charge >= 0.3 is 6.36 Å². The Morgan fingerprint density at radius 1 is 1.45 bits per heavy atom. The zero-order valence-electron chi connectivity index (χ0n) is 6.12. The number of hydrogen-bond acceptors (Lipinski definition) is 1. The molecular weight excluding hydrogens is 225 g/mol. The average Bonchev–Trinajstić information content (AvgIpc) is 1.84. The zero-order valence-corrected chi connectivity index (χ0v) is 7.70. The van der Waals surface area contributed by atoms with Crippen LogP contribution >= 0.6 is 15.9 Å². The minimum atomic E-state index is -4.50. The first kappa shape index (κ1) is 11.2. The lowest BCUT2D eigenvalue weighted by Gasteiger charge is -2.16. The van der Waals surface area contributed by atoms with E-state index in [-0.39, 0.29) is 0 Å². The molecule has 68 valence electrons. The normalized spacial score (nSPS) is 15.0. The van der Waals surface area contributed by atoms with Gasteiger partial charge in [0, 0.05) is 5.33 Å². The van der Waals surface area contributed by atoms with Gasteiger partial charge in [-0.2, -0.15) is 0 Å². The van der Waals surface area contributed by atoms with Gasteiger partial charge in [0.05, 0.1) is 6.10 Å². The molecule has 0 aliphatic carbocycles. The minimum Gasteiger partial charge on any atom is -0.289 e. The van der Waals surface area contributed by atoms with Crippen molar-refractivity contribution in [2.75, 3.05) is 5.33 Å². The Kier molecular flexibility index (Phi) is 5.08. The quantitative estimate of drug-likeness (QED) is 0.680. The van der Waals surface area contributed by atoms with Crippen LogP contribution in [0.3, 0.4) is 0 Å². The molecule has 0 aliphatic heterocycles. The van der Waals surface area contributed by atoms with Crippen LogP contribution in [0.15, 0.2) is 0 Å². The van der Waals surface area contributed by atoms with E-state index in [0.717, 1.165) is 0 Å². The fraction of sp³-hybridized carbons (Fsp3) is 1.00. The minimum absolute atomic E-state index is 0.380. The van der Waals surface area contributed by atoms with Gasteiger partial charge in [-0.15, -0.1) is 13.2 Å². The smallest absolute Gasteiger partial charge is 0.289 e. The highest BCUT2D eigenvalue weighted by atomic mass is 79.9. The van der Waals surface area contributed by atoms with Crippen molar-refractivity contribution in [1.82, 2.24) is 0 Å². The van der Waals surface area contributed by atoms with Gasteiger partial charge < -0.3 is 0 Å². The molecule has 0 amide bonds. The second-order valence-corrected chi connectivity index (χ2v) is 2.86. The number of alkyl halides is 4. The Morgan fingerprint density at radius 2 is 2.00 bits per heavy atom. The summed E-state index contributed by atoms with van der Waals surface area (Å²) in [5, 5.41) is 0.529. The van der Waals surface area contributed by atoms with E-state index in [4.69, 9.17) is 0 Å². The van der Waals surface area contributed by atoms with Crippen molar-refractivity contribution < 1.29 is 17.9 Å². The van der Waals surface area contributed by atoms with Gasteiger partial charge in [-0.05, 0) is 12.8 Å². The van der Waals surface area contributed by atoms with Crippen LogP contribution in [0, 0.1) is 0 Å². The third-order valence-electron chi connectivity index (χ3n) is 1.19. The lowest BCUT2D eigenvalue weighted by atomic mass is 10.2. The molecule has 0 saturated carbocycles. The van der Waals surface area contributed by atoms with Crippen LogP contribution in [0.5, 0.6) is 0 Å². The molecule has 0 aliphatic rings. The summed E-state index contributed by atoms with van der Waals surface area (Å²) in [5.41, 5.74) is 0. The van der Waals surface area contributed by atoms with Crippen molar-refractivity contribution in [3.63, 3.8) is 0 Å². The summed E-state index contributed by atoms with van der Waals surface area (Å²) in [6, 6.07) is 0. The van der Waals surface area contributed by atoms with Crippen LogP contribution in [0.4, 0.5) is 13.2 Å². The maximum atomic E-state index is 11.6. The van der Waals surface area contributed by atoms with E-state index in [2.05, 4.69) is 20.7 Å². The molecule has 0 heterocycles. The molecule has 0 aromatic carbocycles. The highest BCUT2D eigenvalue weighted by Gasteiger charge is 2.32. The van der Waals surface area contributed by atoms with Crippen molar-refractivity contribution in [3.05, 3.63) is 0 Å². The van der Waals surface area contributed by atoms with Crippen molar-refractivity contribution in [1.29, 1.82) is 0 Å². The predicted molar refractivity (Wildman–Crippen MR) is 39.6 cm³/mol. The molecule has 1 atom stereocenters. The summed E-state index contributed by atoms with van der Waals surface area (Å²) in [6.07, 6.45) is -4.45. The zero-order chi connectivity index (χ0) is 8.91. The number of ether oxygens (including phenoxy) is 1. The molecule has 11 heavy (non-hydrogen) atoms. The van der Waals surface area contributed by atoms with Crippen LogP contribution in [0.1, 0.15) is 19.8 Å². The summed E-state index contributed by atoms with van der Waals surface area (Å²) in [7, 11) is 0. The van der Waals surface area contributed by atoms with E-state index in [0.29, 0.717) is 18.2 Å². The third-order valence-corrected chi connectivity index (χ3v) is 1.64. The Labute approximate surface area is 72.0 Å². The van der Waals surface area contributed by atoms with Crippen molar-refractivity contribution in [2.24, 2.45) is 0 Å². The van der Waals surface area contributed by atoms with Crippen molar-refractivity contribution in [2.45, 2.75) is 32.2 Å². The SMILES string of the molecule is CCC(CCBr)OC(F)(F)F. The average molecular weight is 235 g/mol. The van der Waals surface area contributed by atoms with Gasteiger partial charge in [-0.25, -0.2) is 0 Å². The topological polar surface area (TPSA) is 9.23 Å². The summed E-state index contributed by atoms with van der Waals surface area (Å²) < 4.78 is 38.5. The maximum absolute atomic E-state index is 11.6. The standard InChI is InChI=1S/C6H10BrF3O/c1-2-5(3-4-7)11-6(8,9)10/h5H,2-4H2,1H3. The number of hydrogen-bond donors (Lipinski definition) is 0. The molecule has 0 fully saturated rings. The van der Waals surface area contributed by atoms with Crippen LogP contribution < -0.4 is 0 Å². The predicted octanol–water partition coefficient (Wildman–Crippen LogP) is 3.09. The van der Waals surface area contributed by atoms with Gasteiger partial charge in [-0.3, -0.25) is 4.74 Å². The van der Waals surface area contributed by atoms with E-state index in [9.17, 15) is 13.2 Å². The molecule has 0 aromatic rings. The first-order valence-corrected chi connectivity index (χ1v) is 4.42. The molecule has 0 aromatic heterocycles. The third kappa shape index (κ3) is 6.62. The fourth-order valence-corrected chi connectivity index (χ4v) is 1.17. The lowest BCUT2D eigenvalue weighted by molar-refractivity contribution is -0.342. The summed E-state index contributed by atoms with van der Waals surface area (Å²) in [5.74, 6) is 0. The Morgan fingerprint density at radius 3 is 2.27 bits per heavy atom. The van der Waals surface area contributed by atoms with Crippen LogP contribution in [0.2, 0.25) is 0 Å². The number of halogens is 4. The van der Waals surface area contributed by atoms with Gasteiger partial charge in [0.1, 0.15) is 0 Å². The molecule has 0 rings (SSSR count). The van der Waals surface area contributed by atoms with Gasteiger partial charge in [0.15, 0.2) is 0 Å². The van der Waals surface area contributed by atoms with Gasteiger partial charge in [-0.1, -0.05) is 22.9 Å².